The highest BCUT2D eigenvalue weighted by Crippen LogP contribution is 2.33. The molecule has 0 aliphatic heterocycles. The fourth-order valence-electron chi connectivity index (χ4n) is 4.14. The number of hydrogen-bond donors (Lipinski definition) is 4. The molecule has 5 rings (SSSR count). The summed E-state index contributed by atoms with van der Waals surface area (Å²) in [4.78, 5) is 29.7. The number of rotatable bonds is 9. The van der Waals surface area contributed by atoms with Crippen LogP contribution in [0.15, 0.2) is 91.4 Å². The van der Waals surface area contributed by atoms with E-state index in [2.05, 4.69) is 26.0 Å². The highest BCUT2D eigenvalue weighted by Gasteiger charge is 2.21. The average molecular weight is 538 g/mol. The van der Waals surface area contributed by atoms with Crippen LogP contribution in [-0.4, -0.2) is 46.8 Å². The van der Waals surface area contributed by atoms with E-state index in [1.54, 1.807) is 55.8 Å². The quantitative estimate of drug-likeness (QED) is 0.198. The van der Waals surface area contributed by atoms with Crippen molar-refractivity contribution in [3.63, 3.8) is 0 Å². The molecule has 0 bridgehead atoms. The number of hydrogen-bond acceptors (Lipinski definition) is 7. The highest BCUT2D eigenvalue weighted by molar-refractivity contribution is 6.07. The SMILES string of the molecule is COCCNC(=O)c1cn2ncnc(N)c2c1-c1ccc(NC(=O)Nc2cccc(Oc3ccccc3)c2)cc1. The van der Waals surface area contributed by atoms with Crippen molar-refractivity contribution in [2.45, 2.75) is 0 Å². The van der Waals surface area contributed by atoms with Gasteiger partial charge in [0.05, 0.1) is 12.2 Å². The molecule has 3 aromatic carbocycles. The molecule has 5 N–H and O–H groups in total. The third-order valence-electron chi connectivity index (χ3n) is 5.94. The molecule has 0 radical (unpaired) electrons. The maximum Gasteiger partial charge on any atom is 0.323 e. The number of nitrogens with two attached hydrogens (primary N) is 1. The number of fused-ring (bicyclic) bond motifs is 1. The van der Waals surface area contributed by atoms with Gasteiger partial charge < -0.3 is 31.2 Å². The molecule has 0 fully saturated rings. The second kappa shape index (κ2) is 12.0. The number of carbonyl (C=O) groups excluding carboxylic acids is 2. The first-order valence-corrected chi connectivity index (χ1v) is 12.4. The summed E-state index contributed by atoms with van der Waals surface area (Å²) in [6.45, 7) is 0.727. The Hall–Kier alpha value is -5.42. The lowest BCUT2D eigenvalue weighted by Gasteiger charge is -2.11. The molecular formula is C29H27N7O4. The van der Waals surface area contributed by atoms with E-state index in [-0.39, 0.29) is 11.7 Å². The molecule has 3 amide bonds. The minimum Gasteiger partial charge on any atom is -0.457 e. The lowest BCUT2D eigenvalue weighted by Crippen LogP contribution is -2.27. The average Bonchev–Trinajstić information content (AvgIpc) is 3.35. The predicted octanol–water partition coefficient (Wildman–Crippen LogP) is 4.79. The number of ether oxygens (including phenoxy) is 2. The molecule has 0 unspecified atom stereocenters. The van der Waals surface area contributed by atoms with Crippen molar-refractivity contribution in [1.29, 1.82) is 0 Å². The summed E-state index contributed by atoms with van der Waals surface area (Å²) < 4.78 is 12.4. The Morgan fingerprint density at radius 1 is 0.925 bits per heavy atom. The van der Waals surface area contributed by atoms with E-state index in [9.17, 15) is 9.59 Å². The number of carbonyl (C=O) groups is 2. The van der Waals surface area contributed by atoms with E-state index < -0.39 is 6.03 Å². The minimum atomic E-state index is -0.421. The maximum absolute atomic E-state index is 13.0. The van der Waals surface area contributed by atoms with E-state index in [1.165, 1.54) is 10.8 Å². The van der Waals surface area contributed by atoms with Gasteiger partial charge in [0, 0.05) is 42.9 Å². The van der Waals surface area contributed by atoms with Crippen molar-refractivity contribution >= 4 is 34.6 Å². The van der Waals surface area contributed by atoms with E-state index in [4.69, 9.17) is 15.2 Å². The van der Waals surface area contributed by atoms with Crippen LogP contribution < -0.4 is 26.4 Å². The van der Waals surface area contributed by atoms with Gasteiger partial charge in [0.15, 0.2) is 5.82 Å². The lowest BCUT2D eigenvalue weighted by atomic mass is 10.0. The topological polar surface area (TPSA) is 145 Å². The second-order valence-electron chi connectivity index (χ2n) is 8.70. The van der Waals surface area contributed by atoms with Crippen LogP contribution in [0.4, 0.5) is 22.0 Å². The van der Waals surface area contributed by atoms with E-state index in [0.717, 1.165) is 0 Å². The number of nitrogens with one attached hydrogen (secondary N) is 3. The molecule has 40 heavy (non-hydrogen) atoms. The van der Waals surface area contributed by atoms with Crippen molar-refractivity contribution in [1.82, 2.24) is 19.9 Å². The molecule has 0 atom stereocenters. The number of amides is 3. The lowest BCUT2D eigenvalue weighted by molar-refractivity contribution is 0.0937. The Morgan fingerprint density at radius 3 is 2.45 bits per heavy atom. The molecule has 0 aliphatic rings. The van der Waals surface area contributed by atoms with Gasteiger partial charge in [0.25, 0.3) is 5.91 Å². The van der Waals surface area contributed by atoms with Crippen molar-refractivity contribution in [2.75, 3.05) is 36.6 Å². The number of methoxy groups -OCH3 is 1. The van der Waals surface area contributed by atoms with Crippen molar-refractivity contribution < 1.29 is 19.1 Å². The van der Waals surface area contributed by atoms with Crippen molar-refractivity contribution in [3.8, 4) is 22.6 Å². The molecule has 11 heteroatoms. The van der Waals surface area contributed by atoms with Gasteiger partial charge in [-0.05, 0) is 42.0 Å². The molecular weight excluding hydrogens is 510 g/mol. The Bertz CT molecular complexity index is 1640. The van der Waals surface area contributed by atoms with E-state index in [0.29, 0.717) is 58.2 Å². The molecule has 0 aliphatic carbocycles. The van der Waals surface area contributed by atoms with Crippen LogP contribution in [0.25, 0.3) is 16.6 Å². The van der Waals surface area contributed by atoms with E-state index >= 15 is 0 Å². The monoisotopic (exact) mass is 537 g/mol. The third-order valence-corrected chi connectivity index (χ3v) is 5.94. The summed E-state index contributed by atoms with van der Waals surface area (Å²) in [6.07, 6.45) is 2.94. The van der Waals surface area contributed by atoms with Gasteiger partial charge in [-0.1, -0.05) is 36.4 Å². The Balaban J connectivity index is 1.31. The van der Waals surface area contributed by atoms with Crippen LogP contribution in [0.2, 0.25) is 0 Å². The normalized spacial score (nSPS) is 10.7. The molecule has 0 spiro atoms. The van der Waals surface area contributed by atoms with Gasteiger partial charge >= 0.3 is 6.03 Å². The van der Waals surface area contributed by atoms with Crippen LogP contribution in [0.3, 0.4) is 0 Å². The van der Waals surface area contributed by atoms with Crippen LogP contribution in [-0.2, 0) is 4.74 Å². The van der Waals surface area contributed by atoms with Crippen LogP contribution >= 0.6 is 0 Å². The fraction of sp³-hybridized carbons (Fsp3) is 0.103. The molecule has 2 aromatic heterocycles. The molecule has 11 nitrogen and oxygen atoms in total. The predicted molar refractivity (Wildman–Crippen MR) is 153 cm³/mol. The molecule has 202 valence electrons. The first kappa shape index (κ1) is 26.2. The number of para-hydroxylation sites is 1. The zero-order valence-corrected chi connectivity index (χ0v) is 21.6. The van der Waals surface area contributed by atoms with Crippen molar-refractivity contribution in [3.05, 3.63) is 97.0 Å². The Kier molecular flexibility index (Phi) is 7.84. The Labute approximate surface area is 229 Å². The first-order valence-electron chi connectivity index (χ1n) is 12.4. The summed E-state index contributed by atoms with van der Waals surface area (Å²) in [5, 5.41) is 12.7. The zero-order chi connectivity index (χ0) is 27.9. The van der Waals surface area contributed by atoms with Crippen molar-refractivity contribution in [2.24, 2.45) is 0 Å². The van der Waals surface area contributed by atoms with E-state index in [1.807, 2.05) is 36.4 Å². The largest absolute Gasteiger partial charge is 0.457 e. The first-order chi connectivity index (χ1) is 19.5. The summed E-state index contributed by atoms with van der Waals surface area (Å²) in [6, 6.07) is 23.1. The summed E-state index contributed by atoms with van der Waals surface area (Å²) in [7, 11) is 1.56. The fourth-order valence-corrected chi connectivity index (χ4v) is 4.14. The highest BCUT2D eigenvalue weighted by atomic mass is 16.5. The third kappa shape index (κ3) is 6.00. The smallest absolute Gasteiger partial charge is 0.323 e. The molecule has 0 saturated heterocycles. The van der Waals surface area contributed by atoms with Gasteiger partial charge in [-0.25, -0.2) is 14.3 Å². The van der Waals surface area contributed by atoms with Gasteiger partial charge in [-0.15, -0.1) is 0 Å². The van der Waals surface area contributed by atoms with Crippen LogP contribution in [0.5, 0.6) is 11.5 Å². The zero-order valence-electron chi connectivity index (χ0n) is 21.6. The van der Waals surface area contributed by atoms with Gasteiger partial charge in [0.1, 0.15) is 23.3 Å². The molecule has 2 heterocycles. The Morgan fingerprint density at radius 2 is 1.68 bits per heavy atom. The molecule has 0 saturated carbocycles. The number of nitrogen functional groups attached to an aromatic ring is 1. The van der Waals surface area contributed by atoms with Gasteiger partial charge in [0.2, 0.25) is 0 Å². The van der Waals surface area contributed by atoms with Crippen LogP contribution in [0, 0.1) is 0 Å². The summed E-state index contributed by atoms with van der Waals surface area (Å²) in [5.41, 5.74) is 9.47. The maximum atomic E-state index is 13.0. The number of anilines is 3. The number of nitrogens with zero attached hydrogens (tertiary/aromatic N) is 3. The number of aromatic nitrogens is 3. The minimum absolute atomic E-state index is 0.237. The number of benzene rings is 3. The molecule has 5 aromatic rings. The van der Waals surface area contributed by atoms with Gasteiger partial charge in [-0.3, -0.25) is 4.79 Å². The summed E-state index contributed by atoms with van der Waals surface area (Å²) >= 11 is 0. The summed E-state index contributed by atoms with van der Waals surface area (Å²) in [5.74, 6) is 1.24. The standard InChI is InChI=1S/C29H27N7O4/c1-39-15-14-31-28(37)24-17-36-26(27(30)32-18-33-36)25(24)19-10-12-20(13-11-19)34-29(38)35-21-6-5-9-23(16-21)40-22-7-3-2-4-8-22/h2-13,16-18H,14-15H2,1H3,(H,31,37)(H2,30,32,33)(H2,34,35,38). The second-order valence-corrected chi connectivity index (χ2v) is 8.70. The number of urea groups is 1. The van der Waals surface area contributed by atoms with Crippen LogP contribution in [0.1, 0.15) is 10.4 Å². The van der Waals surface area contributed by atoms with Gasteiger partial charge in [-0.2, -0.15) is 5.10 Å².